The highest BCUT2D eigenvalue weighted by Crippen LogP contribution is 2.19. The molecule has 7 nitrogen and oxygen atoms in total. The van der Waals surface area contributed by atoms with Gasteiger partial charge in [0.25, 0.3) is 5.69 Å². The monoisotopic (exact) mass is 335 g/mol. The lowest BCUT2D eigenvalue weighted by atomic mass is 10.2. The molecule has 1 aromatic heterocycles. The molecule has 0 atom stereocenters. The second-order valence-corrected chi connectivity index (χ2v) is 5.19. The van der Waals surface area contributed by atoms with Crippen molar-refractivity contribution in [2.24, 2.45) is 4.99 Å². The number of benzene rings is 2. The number of aromatic nitrogens is 1. The Morgan fingerprint density at radius 3 is 2.56 bits per heavy atom. The first-order valence-electron chi connectivity index (χ1n) is 7.34. The summed E-state index contributed by atoms with van der Waals surface area (Å²) in [5.41, 5.74) is 2.24. The van der Waals surface area contributed by atoms with Crippen LogP contribution in [-0.2, 0) is 0 Å². The number of aromatic carboxylic acids is 1. The molecule has 0 radical (unpaired) electrons. The molecular formula is C18H13N3O4. The van der Waals surface area contributed by atoms with Gasteiger partial charge < -0.3 is 9.67 Å². The first-order valence-corrected chi connectivity index (χ1v) is 7.34. The van der Waals surface area contributed by atoms with Gasteiger partial charge in [-0.3, -0.25) is 15.1 Å². The van der Waals surface area contributed by atoms with Crippen LogP contribution >= 0.6 is 0 Å². The topological polar surface area (TPSA) is 97.7 Å². The molecule has 25 heavy (non-hydrogen) atoms. The SMILES string of the molecule is O=C(O)c1cccc(-n2cccc2C=Nc2ccc([N+](=O)[O-])cc2)c1. The molecule has 3 rings (SSSR count). The van der Waals surface area contributed by atoms with Crippen molar-refractivity contribution >= 4 is 23.6 Å². The smallest absolute Gasteiger partial charge is 0.335 e. The minimum Gasteiger partial charge on any atom is -0.478 e. The van der Waals surface area contributed by atoms with Crippen molar-refractivity contribution in [1.82, 2.24) is 4.57 Å². The Bertz CT molecular complexity index is 958. The van der Waals surface area contributed by atoms with Crippen LogP contribution in [0.4, 0.5) is 11.4 Å². The van der Waals surface area contributed by atoms with E-state index in [1.54, 1.807) is 47.3 Å². The lowest BCUT2D eigenvalue weighted by Crippen LogP contribution is -2.01. The summed E-state index contributed by atoms with van der Waals surface area (Å²) in [6.45, 7) is 0. The van der Waals surface area contributed by atoms with Gasteiger partial charge in [0.05, 0.1) is 28.1 Å². The van der Waals surface area contributed by atoms with Crippen LogP contribution in [0.2, 0.25) is 0 Å². The maximum Gasteiger partial charge on any atom is 0.335 e. The minimum atomic E-state index is -0.991. The molecule has 0 fully saturated rings. The van der Waals surface area contributed by atoms with Gasteiger partial charge in [-0.05, 0) is 42.5 Å². The number of non-ortho nitro benzene ring substituents is 1. The summed E-state index contributed by atoms with van der Waals surface area (Å²) in [6, 6.07) is 16.1. The largest absolute Gasteiger partial charge is 0.478 e. The Labute approximate surface area is 142 Å². The summed E-state index contributed by atoms with van der Waals surface area (Å²) in [5, 5.41) is 19.8. The summed E-state index contributed by atoms with van der Waals surface area (Å²) >= 11 is 0. The molecule has 1 N–H and O–H groups in total. The van der Waals surface area contributed by atoms with Crippen molar-refractivity contribution in [3.05, 3.63) is 88.2 Å². The number of nitro benzene ring substituents is 1. The van der Waals surface area contributed by atoms with Gasteiger partial charge in [-0.2, -0.15) is 0 Å². The molecule has 0 amide bonds. The lowest BCUT2D eigenvalue weighted by molar-refractivity contribution is -0.384. The average molecular weight is 335 g/mol. The molecule has 0 unspecified atom stereocenters. The molecule has 124 valence electrons. The first kappa shape index (κ1) is 16.1. The number of hydrogen-bond donors (Lipinski definition) is 1. The summed E-state index contributed by atoms with van der Waals surface area (Å²) in [4.78, 5) is 25.6. The predicted molar refractivity (Wildman–Crippen MR) is 93.1 cm³/mol. The van der Waals surface area contributed by atoms with Crippen molar-refractivity contribution in [2.75, 3.05) is 0 Å². The van der Waals surface area contributed by atoms with Crippen molar-refractivity contribution in [2.45, 2.75) is 0 Å². The number of nitrogens with zero attached hydrogens (tertiary/aromatic N) is 3. The summed E-state index contributed by atoms with van der Waals surface area (Å²) in [5.74, 6) is -0.991. The van der Waals surface area contributed by atoms with Gasteiger partial charge >= 0.3 is 5.97 Å². The van der Waals surface area contributed by atoms with E-state index in [0.717, 1.165) is 5.69 Å². The second-order valence-electron chi connectivity index (χ2n) is 5.19. The van der Waals surface area contributed by atoms with Gasteiger partial charge in [-0.15, -0.1) is 0 Å². The molecular weight excluding hydrogens is 322 g/mol. The van der Waals surface area contributed by atoms with E-state index >= 15 is 0 Å². The molecule has 0 aliphatic rings. The fourth-order valence-electron chi connectivity index (χ4n) is 2.32. The molecule has 0 aliphatic carbocycles. The van der Waals surface area contributed by atoms with E-state index in [0.29, 0.717) is 11.4 Å². The van der Waals surface area contributed by atoms with E-state index in [-0.39, 0.29) is 11.3 Å². The molecule has 2 aromatic carbocycles. The second kappa shape index (κ2) is 6.79. The summed E-state index contributed by atoms with van der Waals surface area (Å²) in [6.07, 6.45) is 3.42. The highest BCUT2D eigenvalue weighted by atomic mass is 16.6. The molecule has 3 aromatic rings. The van der Waals surface area contributed by atoms with Crippen LogP contribution in [0.25, 0.3) is 5.69 Å². The third-order valence-electron chi connectivity index (χ3n) is 3.56. The fourth-order valence-corrected chi connectivity index (χ4v) is 2.32. The number of carboxylic acid groups (broad SMARTS) is 1. The Kier molecular flexibility index (Phi) is 4.38. The normalized spacial score (nSPS) is 10.9. The quantitative estimate of drug-likeness (QED) is 0.435. The molecule has 1 heterocycles. The van der Waals surface area contributed by atoms with Gasteiger partial charge in [0, 0.05) is 24.0 Å². The maximum absolute atomic E-state index is 11.1. The first-order chi connectivity index (χ1) is 12.0. The van der Waals surface area contributed by atoms with Crippen molar-refractivity contribution in [3.8, 4) is 5.69 Å². The predicted octanol–water partition coefficient (Wildman–Crippen LogP) is 3.83. The van der Waals surface area contributed by atoms with E-state index in [1.165, 1.54) is 18.2 Å². The van der Waals surface area contributed by atoms with Gasteiger partial charge in [0.15, 0.2) is 0 Å². The van der Waals surface area contributed by atoms with Gasteiger partial charge in [0.2, 0.25) is 0 Å². The zero-order valence-electron chi connectivity index (χ0n) is 12.9. The van der Waals surface area contributed by atoms with Crippen LogP contribution in [0, 0.1) is 10.1 Å². The zero-order valence-corrected chi connectivity index (χ0v) is 12.9. The van der Waals surface area contributed by atoms with Crippen molar-refractivity contribution in [3.63, 3.8) is 0 Å². The number of aliphatic imine (C=N–C) groups is 1. The van der Waals surface area contributed by atoms with Gasteiger partial charge in [-0.25, -0.2) is 4.79 Å². The van der Waals surface area contributed by atoms with Crippen molar-refractivity contribution in [1.29, 1.82) is 0 Å². The van der Waals surface area contributed by atoms with E-state index in [4.69, 9.17) is 5.11 Å². The number of carboxylic acids is 1. The average Bonchev–Trinajstić information content (AvgIpc) is 3.09. The number of hydrogen-bond acceptors (Lipinski definition) is 4. The number of nitro groups is 1. The third-order valence-corrected chi connectivity index (χ3v) is 3.56. The Balaban J connectivity index is 1.88. The van der Waals surface area contributed by atoms with E-state index < -0.39 is 10.9 Å². The van der Waals surface area contributed by atoms with Crippen LogP contribution in [0.15, 0.2) is 71.9 Å². The fraction of sp³-hybridized carbons (Fsp3) is 0. The third kappa shape index (κ3) is 3.61. The van der Waals surface area contributed by atoms with E-state index in [1.807, 2.05) is 12.1 Å². The summed E-state index contributed by atoms with van der Waals surface area (Å²) < 4.78 is 1.81. The highest BCUT2D eigenvalue weighted by molar-refractivity contribution is 5.88. The minimum absolute atomic E-state index is 0.00723. The van der Waals surface area contributed by atoms with Crippen LogP contribution in [0.1, 0.15) is 16.1 Å². The van der Waals surface area contributed by atoms with Crippen molar-refractivity contribution < 1.29 is 14.8 Å². The van der Waals surface area contributed by atoms with Crippen LogP contribution in [-0.4, -0.2) is 26.8 Å². The Morgan fingerprint density at radius 1 is 1.12 bits per heavy atom. The number of rotatable bonds is 5. The molecule has 0 saturated heterocycles. The lowest BCUT2D eigenvalue weighted by Gasteiger charge is -2.07. The van der Waals surface area contributed by atoms with Gasteiger partial charge in [0.1, 0.15) is 0 Å². The molecule has 0 aliphatic heterocycles. The molecule has 0 spiro atoms. The van der Waals surface area contributed by atoms with E-state index in [2.05, 4.69) is 4.99 Å². The van der Waals surface area contributed by atoms with Crippen LogP contribution in [0.3, 0.4) is 0 Å². The molecule has 0 bridgehead atoms. The standard InChI is InChI=1S/C18H13N3O4/c22-18(23)13-3-1-4-16(11-13)20-10-2-5-17(20)12-19-14-6-8-15(9-7-14)21(24)25/h1-12H,(H,22,23). The zero-order chi connectivity index (χ0) is 17.8. The Hall–Kier alpha value is -3.74. The van der Waals surface area contributed by atoms with Gasteiger partial charge in [-0.1, -0.05) is 6.07 Å². The molecule has 0 saturated carbocycles. The number of carbonyl (C=O) groups is 1. The molecule has 7 heteroatoms. The van der Waals surface area contributed by atoms with Crippen LogP contribution in [0.5, 0.6) is 0 Å². The highest BCUT2D eigenvalue weighted by Gasteiger charge is 2.07. The summed E-state index contributed by atoms with van der Waals surface area (Å²) in [7, 11) is 0. The maximum atomic E-state index is 11.1. The Morgan fingerprint density at radius 2 is 1.88 bits per heavy atom. The van der Waals surface area contributed by atoms with Crippen LogP contribution < -0.4 is 0 Å². The van der Waals surface area contributed by atoms with E-state index in [9.17, 15) is 14.9 Å².